The van der Waals surface area contributed by atoms with Crippen molar-refractivity contribution in [2.45, 2.75) is 44.1 Å². The van der Waals surface area contributed by atoms with Crippen LogP contribution in [0.15, 0.2) is 54.6 Å². The number of rotatable bonds is 6. The molecule has 0 radical (unpaired) electrons. The molecule has 132 valence electrons. The lowest BCUT2D eigenvalue weighted by Gasteiger charge is -2.37. The summed E-state index contributed by atoms with van der Waals surface area (Å²) in [6, 6.07) is 18.4. The fourth-order valence-electron chi connectivity index (χ4n) is 3.13. The van der Waals surface area contributed by atoms with Gasteiger partial charge in [-0.3, -0.25) is 4.79 Å². The van der Waals surface area contributed by atoms with E-state index in [4.69, 9.17) is 4.74 Å². The van der Waals surface area contributed by atoms with Crippen LogP contribution >= 0.6 is 11.8 Å². The summed E-state index contributed by atoms with van der Waals surface area (Å²) in [5.41, 5.74) is 2.11. The van der Waals surface area contributed by atoms with E-state index in [1.807, 2.05) is 42.5 Å². The molecule has 0 aliphatic carbocycles. The third-order valence-electron chi connectivity index (χ3n) is 4.30. The molecule has 0 saturated heterocycles. The van der Waals surface area contributed by atoms with Gasteiger partial charge in [-0.15, -0.1) is 0 Å². The second-order valence-electron chi connectivity index (χ2n) is 7.01. The Morgan fingerprint density at radius 3 is 2.68 bits per heavy atom. The van der Waals surface area contributed by atoms with Crippen molar-refractivity contribution in [2.24, 2.45) is 0 Å². The number of fused-ring (bicyclic) bond motifs is 1. The van der Waals surface area contributed by atoms with Crippen molar-refractivity contribution >= 4 is 17.7 Å². The Morgan fingerprint density at radius 2 is 1.88 bits per heavy atom. The highest BCUT2D eigenvalue weighted by molar-refractivity contribution is 7.98. The van der Waals surface area contributed by atoms with E-state index in [0.717, 1.165) is 29.2 Å². The minimum atomic E-state index is -0.269. The van der Waals surface area contributed by atoms with Crippen molar-refractivity contribution in [3.63, 3.8) is 0 Å². The molecular formula is C21H25NO2S. The molecule has 0 aromatic heterocycles. The van der Waals surface area contributed by atoms with Gasteiger partial charge in [-0.25, -0.2) is 0 Å². The first-order valence-electron chi connectivity index (χ1n) is 8.72. The smallest absolute Gasteiger partial charge is 0.221 e. The predicted molar refractivity (Wildman–Crippen MR) is 104 cm³/mol. The molecule has 0 saturated carbocycles. The Morgan fingerprint density at radius 1 is 1.16 bits per heavy atom. The largest absolute Gasteiger partial charge is 0.487 e. The molecular weight excluding hydrogens is 330 g/mol. The fourth-order valence-corrected chi connectivity index (χ4v) is 4.03. The number of hydrogen-bond acceptors (Lipinski definition) is 3. The lowest BCUT2D eigenvalue weighted by atomic mass is 9.89. The van der Waals surface area contributed by atoms with Crippen LogP contribution in [0.3, 0.4) is 0 Å². The number of para-hydroxylation sites is 1. The van der Waals surface area contributed by atoms with E-state index in [0.29, 0.717) is 6.42 Å². The summed E-state index contributed by atoms with van der Waals surface area (Å²) >= 11 is 1.80. The molecule has 0 fully saturated rings. The van der Waals surface area contributed by atoms with Crippen molar-refractivity contribution in [1.82, 2.24) is 5.32 Å². The molecule has 0 spiro atoms. The van der Waals surface area contributed by atoms with E-state index < -0.39 is 0 Å². The summed E-state index contributed by atoms with van der Waals surface area (Å²) in [6.45, 7) is 4.13. The highest BCUT2D eigenvalue weighted by atomic mass is 32.2. The maximum absolute atomic E-state index is 12.4. The van der Waals surface area contributed by atoms with Crippen LogP contribution in [0.4, 0.5) is 0 Å². The van der Waals surface area contributed by atoms with Crippen LogP contribution in [0.1, 0.15) is 43.9 Å². The van der Waals surface area contributed by atoms with Crippen molar-refractivity contribution in [2.75, 3.05) is 5.75 Å². The third-order valence-corrected chi connectivity index (χ3v) is 5.33. The first kappa shape index (κ1) is 17.9. The third kappa shape index (κ3) is 5.02. The number of hydrogen-bond donors (Lipinski definition) is 1. The van der Waals surface area contributed by atoms with E-state index in [-0.39, 0.29) is 17.6 Å². The number of ether oxygens (including phenoxy) is 1. The highest BCUT2D eigenvalue weighted by Gasteiger charge is 2.34. The molecule has 4 heteroatoms. The number of carbonyl (C=O) groups is 1. The Labute approximate surface area is 154 Å². The average molecular weight is 356 g/mol. The quantitative estimate of drug-likeness (QED) is 0.762. The van der Waals surface area contributed by atoms with Crippen LogP contribution in [0.2, 0.25) is 0 Å². The molecule has 0 bridgehead atoms. The van der Waals surface area contributed by atoms with Gasteiger partial charge >= 0.3 is 0 Å². The Bertz CT molecular complexity index is 715. The van der Waals surface area contributed by atoms with Crippen molar-refractivity contribution in [1.29, 1.82) is 0 Å². The number of thioether (sulfide) groups is 1. The predicted octanol–water partition coefficient (Wildman–Crippen LogP) is 4.73. The molecule has 1 heterocycles. The Kier molecular flexibility index (Phi) is 5.69. The van der Waals surface area contributed by atoms with Gasteiger partial charge < -0.3 is 10.1 Å². The van der Waals surface area contributed by atoms with Crippen molar-refractivity contribution in [3.05, 3.63) is 65.7 Å². The molecule has 2 aromatic carbocycles. The van der Waals surface area contributed by atoms with Gasteiger partial charge in [0, 0.05) is 29.9 Å². The van der Waals surface area contributed by atoms with Gasteiger partial charge in [-0.1, -0.05) is 48.5 Å². The maximum atomic E-state index is 12.4. The standard InChI is InChI=1S/C21H25NO2S/c1-21(2)14-18(17-10-6-7-11-19(17)24-21)22-20(23)12-13-25-15-16-8-4-3-5-9-16/h3-11,18H,12-15H2,1-2H3,(H,22,23)/t18-/m1/s1. The van der Waals surface area contributed by atoms with Crippen LogP contribution in [0, 0.1) is 0 Å². The van der Waals surface area contributed by atoms with E-state index in [1.165, 1.54) is 5.56 Å². The van der Waals surface area contributed by atoms with E-state index >= 15 is 0 Å². The number of amides is 1. The zero-order valence-corrected chi connectivity index (χ0v) is 15.6. The molecule has 1 amide bonds. The second-order valence-corrected chi connectivity index (χ2v) is 8.12. The lowest BCUT2D eigenvalue weighted by Crippen LogP contribution is -2.41. The fraction of sp³-hybridized carbons (Fsp3) is 0.381. The second kappa shape index (κ2) is 7.96. The molecule has 2 aromatic rings. The summed E-state index contributed by atoms with van der Waals surface area (Å²) < 4.78 is 6.02. The van der Waals surface area contributed by atoms with Gasteiger partial charge in [-0.2, -0.15) is 11.8 Å². The Balaban J connectivity index is 1.51. The van der Waals surface area contributed by atoms with Crippen LogP contribution in [-0.2, 0) is 10.5 Å². The van der Waals surface area contributed by atoms with Crippen LogP contribution < -0.4 is 10.1 Å². The van der Waals surface area contributed by atoms with Crippen LogP contribution in [0.25, 0.3) is 0 Å². The highest BCUT2D eigenvalue weighted by Crippen LogP contribution is 2.39. The molecule has 3 nitrogen and oxygen atoms in total. The number of carbonyl (C=O) groups excluding carboxylic acids is 1. The average Bonchev–Trinajstić information content (AvgIpc) is 2.59. The summed E-state index contributed by atoms with van der Waals surface area (Å²) in [4.78, 5) is 12.4. The minimum absolute atomic E-state index is 0.0200. The minimum Gasteiger partial charge on any atom is -0.487 e. The maximum Gasteiger partial charge on any atom is 0.221 e. The monoisotopic (exact) mass is 355 g/mol. The first-order valence-corrected chi connectivity index (χ1v) is 9.88. The zero-order valence-electron chi connectivity index (χ0n) is 14.8. The van der Waals surface area contributed by atoms with Crippen LogP contribution in [0.5, 0.6) is 5.75 Å². The summed E-state index contributed by atoms with van der Waals surface area (Å²) in [6.07, 6.45) is 1.32. The number of benzene rings is 2. The SMILES string of the molecule is CC1(C)C[C@@H](NC(=O)CCSCc2ccccc2)c2ccccc2O1. The normalized spacial score (nSPS) is 18.1. The molecule has 1 atom stereocenters. The van der Waals surface area contributed by atoms with Crippen molar-refractivity contribution < 1.29 is 9.53 Å². The van der Waals surface area contributed by atoms with E-state index in [1.54, 1.807) is 11.8 Å². The van der Waals surface area contributed by atoms with Gasteiger partial charge in [0.05, 0.1) is 6.04 Å². The van der Waals surface area contributed by atoms with Crippen molar-refractivity contribution in [3.8, 4) is 5.75 Å². The molecule has 3 rings (SSSR count). The summed E-state index contributed by atoms with van der Waals surface area (Å²) in [5, 5.41) is 3.20. The van der Waals surface area contributed by atoms with Gasteiger partial charge in [-0.05, 0) is 25.5 Å². The van der Waals surface area contributed by atoms with Gasteiger partial charge in [0.25, 0.3) is 0 Å². The summed E-state index contributed by atoms with van der Waals surface area (Å²) in [7, 11) is 0. The Hall–Kier alpha value is -1.94. The summed E-state index contributed by atoms with van der Waals surface area (Å²) in [5.74, 6) is 2.76. The molecule has 1 aliphatic rings. The molecule has 1 aliphatic heterocycles. The molecule has 25 heavy (non-hydrogen) atoms. The molecule has 1 N–H and O–H groups in total. The van der Waals surface area contributed by atoms with E-state index in [2.05, 4.69) is 31.3 Å². The molecule has 0 unspecified atom stereocenters. The zero-order chi connectivity index (χ0) is 17.7. The van der Waals surface area contributed by atoms with Gasteiger partial charge in [0.15, 0.2) is 0 Å². The van der Waals surface area contributed by atoms with E-state index in [9.17, 15) is 4.79 Å². The van der Waals surface area contributed by atoms with Crippen LogP contribution in [-0.4, -0.2) is 17.3 Å². The first-order chi connectivity index (χ1) is 12.0. The van der Waals surface area contributed by atoms with Gasteiger partial charge in [0.2, 0.25) is 5.91 Å². The lowest BCUT2D eigenvalue weighted by molar-refractivity contribution is -0.121. The van der Waals surface area contributed by atoms with Gasteiger partial charge in [0.1, 0.15) is 11.4 Å². The number of nitrogens with one attached hydrogen (secondary N) is 1. The topological polar surface area (TPSA) is 38.3 Å².